The highest BCUT2D eigenvalue weighted by Crippen LogP contribution is 2.26. The second-order valence-corrected chi connectivity index (χ2v) is 6.29. The van der Waals surface area contributed by atoms with Gasteiger partial charge in [-0.3, -0.25) is 0 Å². The van der Waals surface area contributed by atoms with Crippen molar-refractivity contribution in [3.63, 3.8) is 0 Å². The second-order valence-electron chi connectivity index (χ2n) is 3.53. The highest BCUT2D eigenvalue weighted by Gasteiger charge is 2.29. The summed E-state index contributed by atoms with van der Waals surface area (Å²) in [4.78, 5) is 0. The lowest BCUT2D eigenvalue weighted by Crippen LogP contribution is -2.34. The molecule has 1 unspecified atom stereocenters. The summed E-state index contributed by atoms with van der Waals surface area (Å²) in [7, 11) is -0.122. The van der Waals surface area contributed by atoms with Gasteiger partial charge in [0.15, 0.2) is 0 Å². The lowest BCUT2D eigenvalue weighted by atomic mass is 10.1. The summed E-state index contributed by atoms with van der Waals surface area (Å²) in [5, 5.41) is 0.160. The van der Waals surface area contributed by atoms with E-state index in [0.29, 0.717) is 11.5 Å². The van der Waals surface area contributed by atoms with E-state index >= 15 is 0 Å². The van der Waals surface area contributed by atoms with Gasteiger partial charge in [0.25, 0.3) is 0 Å². The van der Waals surface area contributed by atoms with Crippen molar-refractivity contribution in [3.8, 4) is 0 Å². The predicted octanol–water partition coefficient (Wildman–Crippen LogP) is 1.72. The molecule has 0 saturated carbocycles. The first-order valence-corrected chi connectivity index (χ1v) is 6.19. The number of hydrogen-bond donors (Lipinski definition) is 0. The fourth-order valence-electron chi connectivity index (χ4n) is 1.39. The van der Waals surface area contributed by atoms with Crippen LogP contribution in [0.5, 0.6) is 0 Å². The molecule has 14 heavy (non-hydrogen) atoms. The van der Waals surface area contributed by atoms with Gasteiger partial charge in [-0.25, -0.2) is 12.7 Å². The van der Waals surface area contributed by atoms with Gasteiger partial charge in [-0.05, 0) is 19.4 Å². The Labute approximate surface area is 90.1 Å². The molecule has 0 fully saturated rings. The number of halogens is 1. The van der Waals surface area contributed by atoms with Crippen molar-refractivity contribution >= 4 is 21.6 Å². The summed E-state index contributed by atoms with van der Waals surface area (Å²) in [6, 6.07) is 0. The summed E-state index contributed by atoms with van der Waals surface area (Å²) in [6.45, 7) is 1.79. The topological polar surface area (TPSA) is 37.4 Å². The second kappa shape index (κ2) is 4.04. The number of hydrogen-bond acceptors (Lipinski definition) is 2. The standard InChI is InChI=1S/C9H14ClNO2S/c1-7-6-8(10)4-5-9(7)14(12,13)11(2)3/h4,6,9H,5H2,1-3H3. The molecular weight excluding hydrogens is 222 g/mol. The normalized spacial score (nSPS) is 23.4. The molecule has 0 amide bonds. The third-order valence-electron chi connectivity index (χ3n) is 2.27. The van der Waals surface area contributed by atoms with Crippen LogP contribution in [0.3, 0.4) is 0 Å². The zero-order valence-corrected chi connectivity index (χ0v) is 10.1. The molecule has 0 bridgehead atoms. The van der Waals surface area contributed by atoms with Crippen LogP contribution >= 0.6 is 11.6 Å². The summed E-state index contributed by atoms with van der Waals surface area (Å²) in [6.07, 6.45) is 3.90. The molecule has 0 radical (unpaired) electrons. The van der Waals surface area contributed by atoms with Gasteiger partial charge in [-0.15, -0.1) is 0 Å². The van der Waals surface area contributed by atoms with Crippen LogP contribution < -0.4 is 0 Å². The molecule has 0 saturated heterocycles. The van der Waals surface area contributed by atoms with Crippen LogP contribution in [0, 0.1) is 0 Å². The van der Waals surface area contributed by atoms with Gasteiger partial charge in [0, 0.05) is 19.1 Å². The van der Waals surface area contributed by atoms with Crippen LogP contribution in [0.25, 0.3) is 0 Å². The summed E-state index contributed by atoms with van der Waals surface area (Å²) >= 11 is 5.78. The SMILES string of the molecule is CC1=CC(Cl)=CCC1S(=O)(=O)N(C)C. The highest BCUT2D eigenvalue weighted by molar-refractivity contribution is 7.89. The smallest absolute Gasteiger partial charge is 0.212 e. The summed E-state index contributed by atoms with van der Waals surface area (Å²) < 4.78 is 24.9. The minimum Gasteiger partial charge on any atom is -0.212 e. The fourth-order valence-corrected chi connectivity index (χ4v) is 3.03. The highest BCUT2D eigenvalue weighted by atomic mass is 35.5. The average Bonchev–Trinajstić information content (AvgIpc) is 2.02. The molecule has 3 nitrogen and oxygen atoms in total. The number of nitrogens with zero attached hydrogens (tertiary/aromatic N) is 1. The van der Waals surface area contributed by atoms with Gasteiger partial charge < -0.3 is 0 Å². The van der Waals surface area contributed by atoms with Crippen LogP contribution in [0.2, 0.25) is 0 Å². The van der Waals surface area contributed by atoms with E-state index in [1.54, 1.807) is 33.2 Å². The van der Waals surface area contributed by atoms with Crippen molar-refractivity contribution in [3.05, 3.63) is 22.8 Å². The van der Waals surface area contributed by atoms with E-state index in [1.165, 1.54) is 4.31 Å². The van der Waals surface area contributed by atoms with Crippen molar-refractivity contribution < 1.29 is 8.42 Å². The van der Waals surface area contributed by atoms with Gasteiger partial charge in [0.1, 0.15) is 5.25 Å². The molecule has 1 aliphatic rings. The molecule has 0 spiro atoms. The van der Waals surface area contributed by atoms with Crippen LogP contribution in [0.4, 0.5) is 0 Å². The Hall–Kier alpha value is -0.320. The van der Waals surface area contributed by atoms with E-state index in [2.05, 4.69) is 0 Å². The molecule has 0 aromatic heterocycles. The lowest BCUT2D eigenvalue weighted by Gasteiger charge is -2.23. The van der Waals surface area contributed by atoms with Gasteiger partial charge in [-0.1, -0.05) is 23.3 Å². The number of rotatable bonds is 2. The Morgan fingerprint density at radius 1 is 1.50 bits per heavy atom. The molecule has 80 valence electrons. The fraction of sp³-hybridized carbons (Fsp3) is 0.556. The van der Waals surface area contributed by atoms with Crippen molar-refractivity contribution in [2.75, 3.05) is 14.1 Å². The maximum Gasteiger partial charge on any atom is 0.220 e. The molecule has 5 heteroatoms. The van der Waals surface area contributed by atoms with Crippen LogP contribution in [0.15, 0.2) is 22.8 Å². The van der Waals surface area contributed by atoms with Crippen molar-refractivity contribution in [1.82, 2.24) is 4.31 Å². The Bertz CT molecular complexity index is 382. The molecule has 1 atom stereocenters. The third kappa shape index (κ3) is 2.19. The van der Waals surface area contributed by atoms with Crippen LogP contribution in [0.1, 0.15) is 13.3 Å². The number of sulfonamides is 1. The van der Waals surface area contributed by atoms with E-state index in [-0.39, 0.29) is 0 Å². The maximum atomic E-state index is 11.8. The van der Waals surface area contributed by atoms with Crippen LogP contribution in [-0.4, -0.2) is 32.1 Å². The Morgan fingerprint density at radius 3 is 2.50 bits per heavy atom. The van der Waals surface area contributed by atoms with Crippen molar-refractivity contribution in [2.24, 2.45) is 0 Å². The van der Waals surface area contributed by atoms with Crippen LogP contribution in [-0.2, 0) is 10.0 Å². The zero-order valence-electron chi connectivity index (χ0n) is 8.49. The minimum atomic E-state index is -3.21. The molecule has 0 N–H and O–H groups in total. The molecule has 0 aromatic carbocycles. The minimum absolute atomic E-state index is 0.458. The van der Waals surface area contributed by atoms with E-state index in [1.807, 2.05) is 0 Å². The molecule has 1 aliphatic carbocycles. The number of allylic oxidation sites excluding steroid dienone is 3. The monoisotopic (exact) mass is 235 g/mol. The van der Waals surface area contributed by atoms with E-state index in [4.69, 9.17) is 11.6 Å². The zero-order chi connectivity index (χ0) is 10.9. The largest absolute Gasteiger partial charge is 0.220 e. The molecular formula is C9H14ClNO2S. The van der Waals surface area contributed by atoms with Gasteiger partial charge in [0.05, 0.1) is 0 Å². The molecule has 1 rings (SSSR count). The van der Waals surface area contributed by atoms with E-state index in [0.717, 1.165) is 5.57 Å². The Kier molecular flexibility index (Phi) is 3.40. The average molecular weight is 236 g/mol. The van der Waals surface area contributed by atoms with E-state index in [9.17, 15) is 8.42 Å². The Morgan fingerprint density at radius 2 is 2.07 bits per heavy atom. The Balaban J connectivity index is 3.00. The van der Waals surface area contributed by atoms with Gasteiger partial charge in [0.2, 0.25) is 10.0 Å². The third-order valence-corrected chi connectivity index (χ3v) is 4.83. The molecule has 0 aliphatic heterocycles. The van der Waals surface area contributed by atoms with Crippen molar-refractivity contribution in [2.45, 2.75) is 18.6 Å². The summed E-state index contributed by atoms with van der Waals surface area (Å²) in [5.74, 6) is 0. The first kappa shape index (κ1) is 11.8. The van der Waals surface area contributed by atoms with Gasteiger partial charge in [-0.2, -0.15) is 0 Å². The van der Waals surface area contributed by atoms with Gasteiger partial charge >= 0.3 is 0 Å². The summed E-state index contributed by atoms with van der Waals surface area (Å²) in [5.41, 5.74) is 0.797. The molecule has 0 heterocycles. The maximum absolute atomic E-state index is 11.8. The molecule has 0 aromatic rings. The van der Waals surface area contributed by atoms with Crippen molar-refractivity contribution in [1.29, 1.82) is 0 Å². The lowest BCUT2D eigenvalue weighted by molar-refractivity contribution is 0.510. The predicted molar refractivity (Wildman–Crippen MR) is 58.7 cm³/mol. The van der Waals surface area contributed by atoms with E-state index < -0.39 is 15.3 Å². The first-order valence-electron chi connectivity index (χ1n) is 4.31. The quantitative estimate of drug-likeness (QED) is 0.731. The first-order chi connectivity index (χ1) is 6.35.